The molecule has 3 heterocycles. The summed E-state index contributed by atoms with van der Waals surface area (Å²) in [7, 11) is 0. The molecule has 0 unspecified atom stereocenters. The van der Waals surface area contributed by atoms with Gasteiger partial charge in [-0.2, -0.15) is 0 Å². The molecule has 5 rings (SSSR count). The van der Waals surface area contributed by atoms with E-state index < -0.39 is 0 Å². The highest BCUT2D eigenvalue weighted by Crippen LogP contribution is 2.23. The Kier molecular flexibility index (Phi) is 6.54. The van der Waals surface area contributed by atoms with Crippen molar-refractivity contribution in [2.24, 2.45) is 0 Å². The highest BCUT2D eigenvalue weighted by Gasteiger charge is 2.15. The Morgan fingerprint density at radius 1 is 1.00 bits per heavy atom. The largest absolute Gasteiger partial charge is 0.353 e. The second-order valence-corrected chi connectivity index (χ2v) is 8.69. The van der Waals surface area contributed by atoms with Crippen molar-refractivity contribution in [1.29, 1.82) is 0 Å². The van der Waals surface area contributed by atoms with Crippen LogP contribution in [0.5, 0.6) is 0 Å². The van der Waals surface area contributed by atoms with Gasteiger partial charge in [0.15, 0.2) is 5.65 Å². The Balaban J connectivity index is 1.32. The standard InChI is InChI=1S/C27H28FN7/c1-18-3-6-22(7-4-18)32-19(2)33-23-8-5-20(24(28)16-23)15-21-9-10-30-27-26(21)34-25(17-31-27)35-13-11-29-12-14-35/h3-10,16-17,29,32-33H,2,11-15H2,1H3. The van der Waals surface area contributed by atoms with Gasteiger partial charge in [0.25, 0.3) is 0 Å². The molecule has 1 saturated heterocycles. The van der Waals surface area contributed by atoms with Crippen molar-refractivity contribution in [2.75, 3.05) is 41.7 Å². The summed E-state index contributed by atoms with van der Waals surface area (Å²) in [6, 6.07) is 15.0. The van der Waals surface area contributed by atoms with E-state index >= 15 is 4.39 Å². The first kappa shape index (κ1) is 22.7. The van der Waals surface area contributed by atoms with E-state index in [9.17, 15) is 0 Å². The number of pyridine rings is 1. The van der Waals surface area contributed by atoms with Gasteiger partial charge in [-0.1, -0.05) is 30.3 Å². The zero-order valence-electron chi connectivity index (χ0n) is 19.7. The Hall–Kier alpha value is -4.04. The molecule has 7 nitrogen and oxygen atoms in total. The van der Waals surface area contributed by atoms with Crippen molar-refractivity contribution >= 4 is 28.4 Å². The number of halogens is 1. The molecule has 0 radical (unpaired) electrons. The number of nitrogens with zero attached hydrogens (tertiary/aromatic N) is 4. The van der Waals surface area contributed by atoms with Gasteiger partial charge < -0.3 is 20.9 Å². The number of piperazine rings is 1. The van der Waals surface area contributed by atoms with Crippen molar-refractivity contribution in [2.45, 2.75) is 13.3 Å². The number of aryl methyl sites for hydroxylation is 1. The van der Waals surface area contributed by atoms with E-state index in [4.69, 9.17) is 4.98 Å². The Morgan fingerprint density at radius 2 is 1.74 bits per heavy atom. The Bertz CT molecular complexity index is 1350. The Morgan fingerprint density at radius 3 is 2.51 bits per heavy atom. The van der Waals surface area contributed by atoms with Gasteiger partial charge in [-0.05, 0) is 48.4 Å². The molecule has 1 aliphatic heterocycles. The van der Waals surface area contributed by atoms with Gasteiger partial charge in [0.05, 0.1) is 6.20 Å². The number of fused-ring (bicyclic) bond motifs is 1. The molecular weight excluding hydrogens is 441 g/mol. The first-order valence-corrected chi connectivity index (χ1v) is 11.7. The van der Waals surface area contributed by atoms with Crippen molar-refractivity contribution in [1.82, 2.24) is 20.3 Å². The lowest BCUT2D eigenvalue weighted by Gasteiger charge is -2.28. The monoisotopic (exact) mass is 469 g/mol. The quantitative estimate of drug-likeness (QED) is 0.369. The molecule has 2 aromatic carbocycles. The lowest BCUT2D eigenvalue weighted by atomic mass is 10.0. The predicted molar refractivity (Wildman–Crippen MR) is 139 cm³/mol. The number of hydrogen-bond acceptors (Lipinski definition) is 7. The van der Waals surface area contributed by atoms with Gasteiger partial charge in [-0.15, -0.1) is 0 Å². The van der Waals surface area contributed by atoms with Crippen molar-refractivity contribution in [3.63, 3.8) is 0 Å². The molecule has 178 valence electrons. The van der Waals surface area contributed by atoms with Crippen molar-refractivity contribution < 1.29 is 4.39 Å². The van der Waals surface area contributed by atoms with Crippen LogP contribution in [0, 0.1) is 12.7 Å². The van der Waals surface area contributed by atoms with Crippen LogP contribution in [0.3, 0.4) is 0 Å². The van der Waals surface area contributed by atoms with E-state index in [1.54, 1.807) is 18.5 Å². The first-order valence-electron chi connectivity index (χ1n) is 11.7. The van der Waals surface area contributed by atoms with E-state index in [0.29, 0.717) is 34.7 Å². The van der Waals surface area contributed by atoms with Gasteiger partial charge in [-0.25, -0.2) is 19.3 Å². The topological polar surface area (TPSA) is 78.0 Å². The maximum absolute atomic E-state index is 15.1. The van der Waals surface area contributed by atoms with Crippen LogP contribution in [-0.4, -0.2) is 41.1 Å². The zero-order valence-corrected chi connectivity index (χ0v) is 19.7. The summed E-state index contributed by atoms with van der Waals surface area (Å²) >= 11 is 0. The molecule has 0 saturated carbocycles. The highest BCUT2D eigenvalue weighted by atomic mass is 19.1. The maximum atomic E-state index is 15.1. The summed E-state index contributed by atoms with van der Waals surface area (Å²) in [6.07, 6.45) is 3.86. The van der Waals surface area contributed by atoms with Crippen LogP contribution < -0.4 is 20.9 Å². The lowest BCUT2D eigenvalue weighted by Crippen LogP contribution is -2.43. The summed E-state index contributed by atoms with van der Waals surface area (Å²) in [5.41, 5.74) is 5.46. The van der Waals surface area contributed by atoms with Crippen LogP contribution in [-0.2, 0) is 6.42 Å². The molecule has 4 aromatic rings. The van der Waals surface area contributed by atoms with E-state index in [1.165, 1.54) is 11.6 Å². The molecule has 1 aliphatic rings. The SMILES string of the molecule is C=C(Nc1ccc(C)cc1)Nc1ccc(Cc2ccnc3ncc(N4CCNCC4)nc23)c(F)c1. The van der Waals surface area contributed by atoms with Crippen LogP contribution in [0.25, 0.3) is 11.2 Å². The third-order valence-electron chi connectivity index (χ3n) is 6.03. The third-order valence-corrected chi connectivity index (χ3v) is 6.03. The summed E-state index contributed by atoms with van der Waals surface area (Å²) in [4.78, 5) is 15.9. The smallest absolute Gasteiger partial charge is 0.178 e. The number of hydrogen-bond donors (Lipinski definition) is 3. The molecule has 35 heavy (non-hydrogen) atoms. The fourth-order valence-electron chi connectivity index (χ4n) is 4.14. The summed E-state index contributed by atoms with van der Waals surface area (Å²) in [6.45, 7) is 9.61. The average molecular weight is 470 g/mol. The zero-order chi connectivity index (χ0) is 24.2. The third kappa shape index (κ3) is 5.38. The summed E-state index contributed by atoms with van der Waals surface area (Å²) < 4.78 is 15.1. The fraction of sp³-hybridized carbons (Fsp3) is 0.222. The summed E-state index contributed by atoms with van der Waals surface area (Å²) in [5, 5.41) is 9.65. The van der Waals surface area contributed by atoms with E-state index in [0.717, 1.165) is 43.2 Å². The number of rotatable bonds is 7. The van der Waals surface area contributed by atoms with Crippen LogP contribution in [0.15, 0.2) is 73.3 Å². The first-order chi connectivity index (χ1) is 17.0. The fourth-order valence-corrected chi connectivity index (χ4v) is 4.14. The molecule has 1 fully saturated rings. The van der Waals surface area contributed by atoms with Gasteiger partial charge >= 0.3 is 0 Å². The minimum Gasteiger partial charge on any atom is -0.353 e. The second kappa shape index (κ2) is 10.1. The van der Waals surface area contributed by atoms with Crippen molar-refractivity contribution in [3.05, 3.63) is 95.8 Å². The van der Waals surface area contributed by atoms with E-state index in [-0.39, 0.29) is 5.82 Å². The predicted octanol–water partition coefficient (Wildman–Crippen LogP) is 4.47. The van der Waals surface area contributed by atoms with Crippen LogP contribution in [0.2, 0.25) is 0 Å². The molecule has 0 aliphatic carbocycles. The number of nitrogens with one attached hydrogen (secondary N) is 3. The molecule has 3 N–H and O–H groups in total. The van der Waals surface area contributed by atoms with Gasteiger partial charge in [0.1, 0.15) is 23.0 Å². The Labute approximate surface area is 204 Å². The van der Waals surface area contributed by atoms with Crippen LogP contribution in [0.4, 0.5) is 21.6 Å². The normalized spacial score (nSPS) is 13.6. The molecular formula is C27H28FN7. The molecule has 0 atom stereocenters. The second-order valence-electron chi connectivity index (χ2n) is 8.69. The lowest BCUT2D eigenvalue weighted by molar-refractivity contribution is 0.585. The van der Waals surface area contributed by atoms with E-state index in [1.807, 2.05) is 43.3 Å². The minimum absolute atomic E-state index is 0.297. The van der Waals surface area contributed by atoms with Crippen LogP contribution >= 0.6 is 0 Å². The van der Waals surface area contributed by atoms with Gasteiger partial charge in [0.2, 0.25) is 0 Å². The molecule has 2 aromatic heterocycles. The molecule has 0 spiro atoms. The molecule has 0 amide bonds. The number of benzene rings is 2. The number of aromatic nitrogens is 3. The van der Waals surface area contributed by atoms with E-state index in [2.05, 4.69) is 37.4 Å². The molecule has 0 bridgehead atoms. The average Bonchev–Trinajstić information content (AvgIpc) is 2.87. The van der Waals surface area contributed by atoms with Gasteiger partial charge in [0, 0.05) is 50.2 Å². The summed E-state index contributed by atoms with van der Waals surface area (Å²) in [5.74, 6) is 1.10. The minimum atomic E-state index is -0.297. The highest BCUT2D eigenvalue weighted by molar-refractivity contribution is 5.76. The van der Waals surface area contributed by atoms with Crippen LogP contribution in [0.1, 0.15) is 16.7 Å². The van der Waals surface area contributed by atoms with Crippen molar-refractivity contribution in [3.8, 4) is 0 Å². The maximum Gasteiger partial charge on any atom is 0.178 e. The van der Waals surface area contributed by atoms with Gasteiger partial charge in [-0.3, -0.25) is 0 Å². The molecule has 8 heteroatoms. The number of anilines is 3.